The van der Waals surface area contributed by atoms with Gasteiger partial charge in [0.2, 0.25) is 5.91 Å². The summed E-state index contributed by atoms with van der Waals surface area (Å²) in [5.41, 5.74) is 5.38. The fourth-order valence-corrected chi connectivity index (χ4v) is 1.40. The van der Waals surface area contributed by atoms with Gasteiger partial charge in [0.25, 0.3) is 0 Å². The fraction of sp³-hybridized carbons (Fsp3) is 0.800. The number of ether oxygens (including phenoxy) is 1. The second-order valence-corrected chi connectivity index (χ2v) is 6.05. The normalized spacial score (nSPS) is 11.7. The number of hydrogen-bond donors (Lipinski definition) is 2. The molecule has 0 fully saturated rings. The Bertz CT molecular complexity index is 332. The smallest absolute Gasteiger partial charge is 0.220 e. The van der Waals surface area contributed by atoms with Crippen LogP contribution in [0.2, 0.25) is 0 Å². The van der Waals surface area contributed by atoms with E-state index in [0.29, 0.717) is 26.0 Å². The third-order valence-corrected chi connectivity index (χ3v) is 2.74. The Morgan fingerprint density at radius 3 is 2.42 bits per heavy atom. The first-order chi connectivity index (χ1) is 8.66. The van der Waals surface area contributed by atoms with Gasteiger partial charge in [0, 0.05) is 18.6 Å². The van der Waals surface area contributed by atoms with Gasteiger partial charge in [-0.15, -0.1) is 5.92 Å². The highest BCUT2D eigenvalue weighted by Gasteiger charge is 2.21. The molecule has 0 aromatic heterocycles. The lowest BCUT2D eigenvalue weighted by Crippen LogP contribution is -2.36. The number of carbonyl (C=O) groups excluding carboxylic acids is 1. The molecular formula is C15H28N2O2. The van der Waals surface area contributed by atoms with Crippen LogP contribution >= 0.6 is 0 Å². The molecule has 4 nitrogen and oxygen atoms in total. The lowest BCUT2D eigenvalue weighted by Gasteiger charge is -2.27. The summed E-state index contributed by atoms with van der Waals surface area (Å²) in [6, 6.07) is 0. The van der Waals surface area contributed by atoms with E-state index in [-0.39, 0.29) is 17.0 Å². The minimum Gasteiger partial charge on any atom is -0.375 e. The number of carbonyl (C=O) groups is 1. The highest BCUT2D eigenvalue weighted by Crippen LogP contribution is 2.18. The van der Waals surface area contributed by atoms with Crippen LogP contribution in [-0.4, -0.2) is 30.2 Å². The molecule has 0 aromatic carbocycles. The standard InChI is InChI=1S/C15H28N2O2/c1-6-7-11-17-13(18)8-9-15(4,5)19-12-10-14(2,3)16/h8-12,16H2,1-5H3,(H,17,18). The van der Waals surface area contributed by atoms with E-state index in [1.54, 1.807) is 6.92 Å². The van der Waals surface area contributed by atoms with Crippen molar-refractivity contribution in [3.63, 3.8) is 0 Å². The first kappa shape index (κ1) is 17.9. The molecule has 0 aromatic rings. The van der Waals surface area contributed by atoms with Crippen LogP contribution in [0.4, 0.5) is 0 Å². The summed E-state index contributed by atoms with van der Waals surface area (Å²) >= 11 is 0. The predicted molar refractivity (Wildman–Crippen MR) is 78.6 cm³/mol. The molecule has 0 atom stereocenters. The third kappa shape index (κ3) is 11.8. The molecule has 0 unspecified atom stereocenters. The minimum absolute atomic E-state index is 0.0126. The third-order valence-electron chi connectivity index (χ3n) is 2.74. The number of hydrogen-bond acceptors (Lipinski definition) is 3. The Balaban J connectivity index is 3.88. The van der Waals surface area contributed by atoms with Crippen LogP contribution in [0.1, 0.15) is 53.9 Å². The Hall–Kier alpha value is -1.05. The van der Waals surface area contributed by atoms with Gasteiger partial charge in [-0.25, -0.2) is 0 Å². The van der Waals surface area contributed by atoms with Gasteiger partial charge in [0.15, 0.2) is 0 Å². The lowest BCUT2D eigenvalue weighted by atomic mass is 10.0. The molecule has 0 heterocycles. The number of rotatable bonds is 8. The predicted octanol–water partition coefficient (Wildman–Crippen LogP) is 1.83. The number of nitrogens with two attached hydrogens (primary N) is 1. The summed E-state index contributed by atoms with van der Waals surface area (Å²) in [6.45, 7) is 10.7. The van der Waals surface area contributed by atoms with E-state index in [9.17, 15) is 4.79 Å². The molecule has 0 aliphatic carbocycles. The molecule has 0 rings (SSSR count). The summed E-state index contributed by atoms with van der Waals surface area (Å²) in [6.07, 6.45) is 1.93. The van der Waals surface area contributed by atoms with Gasteiger partial charge in [-0.2, -0.15) is 0 Å². The Morgan fingerprint density at radius 1 is 1.26 bits per heavy atom. The zero-order chi connectivity index (χ0) is 14.9. The Morgan fingerprint density at radius 2 is 1.89 bits per heavy atom. The van der Waals surface area contributed by atoms with Crippen molar-refractivity contribution < 1.29 is 9.53 Å². The second kappa shape index (κ2) is 8.19. The molecule has 4 heteroatoms. The average Bonchev–Trinajstić information content (AvgIpc) is 2.25. The summed E-state index contributed by atoms with van der Waals surface area (Å²) in [5.74, 6) is 5.55. The molecule has 1 amide bonds. The molecule has 0 bridgehead atoms. The van der Waals surface area contributed by atoms with Crippen LogP contribution in [0.15, 0.2) is 0 Å². The maximum Gasteiger partial charge on any atom is 0.220 e. The van der Waals surface area contributed by atoms with E-state index in [4.69, 9.17) is 10.5 Å². The van der Waals surface area contributed by atoms with Crippen molar-refractivity contribution >= 4 is 5.91 Å². The molecule has 0 saturated heterocycles. The van der Waals surface area contributed by atoms with E-state index in [0.717, 1.165) is 6.42 Å². The second-order valence-electron chi connectivity index (χ2n) is 6.05. The zero-order valence-corrected chi connectivity index (χ0v) is 12.9. The first-order valence-electron chi connectivity index (χ1n) is 6.75. The quantitative estimate of drug-likeness (QED) is 0.660. The number of nitrogens with one attached hydrogen (secondary N) is 1. The van der Waals surface area contributed by atoms with Gasteiger partial charge in [0.05, 0.1) is 12.1 Å². The van der Waals surface area contributed by atoms with Crippen molar-refractivity contribution in [2.75, 3.05) is 13.2 Å². The Kier molecular flexibility index (Phi) is 7.73. The van der Waals surface area contributed by atoms with E-state index >= 15 is 0 Å². The molecular weight excluding hydrogens is 240 g/mol. The monoisotopic (exact) mass is 268 g/mol. The van der Waals surface area contributed by atoms with Gasteiger partial charge >= 0.3 is 0 Å². The largest absolute Gasteiger partial charge is 0.375 e. The van der Waals surface area contributed by atoms with Crippen LogP contribution < -0.4 is 11.1 Å². The summed E-state index contributed by atoms with van der Waals surface area (Å²) in [7, 11) is 0. The van der Waals surface area contributed by atoms with Gasteiger partial charge in [0.1, 0.15) is 0 Å². The molecule has 0 aliphatic heterocycles. The van der Waals surface area contributed by atoms with Crippen LogP contribution in [0.25, 0.3) is 0 Å². The molecule has 19 heavy (non-hydrogen) atoms. The van der Waals surface area contributed by atoms with Gasteiger partial charge in [-0.05, 0) is 47.5 Å². The van der Waals surface area contributed by atoms with Crippen LogP contribution in [0, 0.1) is 11.8 Å². The summed E-state index contributed by atoms with van der Waals surface area (Å²) in [4.78, 5) is 11.5. The van der Waals surface area contributed by atoms with Crippen molar-refractivity contribution in [1.29, 1.82) is 0 Å². The molecule has 0 aliphatic rings. The molecule has 0 spiro atoms. The molecule has 0 radical (unpaired) electrons. The van der Waals surface area contributed by atoms with Crippen molar-refractivity contribution in [3.8, 4) is 11.8 Å². The first-order valence-corrected chi connectivity index (χ1v) is 6.75. The van der Waals surface area contributed by atoms with E-state index in [1.807, 2.05) is 27.7 Å². The highest BCUT2D eigenvalue weighted by atomic mass is 16.5. The van der Waals surface area contributed by atoms with E-state index in [1.165, 1.54) is 0 Å². The van der Waals surface area contributed by atoms with Gasteiger partial charge in [-0.1, -0.05) is 5.92 Å². The van der Waals surface area contributed by atoms with Crippen LogP contribution in [0.5, 0.6) is 0 Å². The minimum atomic E-state index is -0.307. The fourth-order valence-electron chi connectivity index (χ4n) is 1.40. The van der Waals surface area contributed by atoms with E-state index < -0.39 is 0 Å². The highest BCUT2D eigenvalue weighted by molar-refractivity contribution is 5.76. The van der Waals surface area contributed by atoms with Crippen molar-refractivity contribution in [1.82, 2.24) is 5.32 Å². The topological polar surface area (TPSA) is 64.3 Å². The maximum absolute atomic E-state index is 11.5. The van der Waals surface area contributed by atoms with Crippen molar-refractivity contribution in [2.24, 2.45) is 5.73 Å². The summed E-state index contributed by atoms with van der Waals surface area (Å²) in [5, 5.41) is 2.75. The lowest BCUT2D eigenvalue weighted by molar-refractivity contribution is -0.122. The Labute approximate surface area is 117 Å². The van der Waals surface area contributed by atoms with Crippen molar-refractivity contribution in [2.45, 2.75) is 65.0 Å². The average molecular weight is 268 g/mol. The molecule has 110 valence electrons. The van der Waals surface area contributed by atoms with Crippen LogP contribution in [-0.2, 0) is 9.53 Å². The zero-order valence-electron chi connectivity index (χ0n) is 12.9. The molecule has 3 N–H and O–H groups in total. The SMILES string of the molecule is CC#CCNC(=O)CCC(C)(C)OCCC(C)(C)N. The van der Waals surface area contributed by atoms with Gasteiger partial charge in [-0.3, -0.25) is 4.79 Å². The molecule has 0 saturated carbocycles. The maximum atomic E-state index is 11.5. The number of amides is 1. The summed E-state index contributed by atoms with van der Waals surface area (Å²) < 4.78 is 5.79. The van der Waals surface area contributed by atoms with Crippen molar-refractivity contribution in [3.05, 3.63) is 0 Å². The van der Waals surface area contributed by atoms with Gasteiger partial charge < -0.3 is 15.8 Å². The van der Waals surface area contributed by atoms with Crippen LogP contribution in [0.3, 0.4) is 0 Å². The van der Waals surface area contributed by atoms with E-state index in [2.05, 4.69) is 17.2 Å².